The third-order valence-electron chi connectivity index (χ3n) is 5.58. The highest BCUT2D eigenvalue weighted by atomic mass is 127. The van der Waals surface area contributed by atoms with Crippen LogP contribution in [0.2, 0.25) is 5.02 Å². The largest absolute Gasteiger partial charge is 0.377 e. The molecule has 2 aliphatic rings. The van der Waals surface area contributed by atoms with E-state index in [1.165, 1.54) is 5.56 Å². The molecule has 10 heteroatoms. The molecule has 0 radical (unpaired) electrons. The van der Waals surface area contributed by atoms with E-state index in [2.05, 4.69) is 26.4 Å². The molecule has 1 unspecified atom stereocenters. The fourth-order valence-electron chi connectivity index (χ4n) is 3.57. The normalized spacial score (nSPS) is 20.9. The number of nitrogens with one attached hydrogen (secondary N) is 3. The van der Waals surface area contributed by atoms with Gasteiger partial charge >= 0.3 is 0 Å². The third-order valence-corrected chi connectivity index (χ3v) is 7.16. The van der Waals surface area contributed by atoms with Crippen LogP contribution in [0.3, 0.4) is 0 Å². The first-order valence-electron chi connectivity index (χ1n) is 10.2. The number of nitrogens with zero attached hydrogens (tertiary/aromatic N) is 1. The molecule has 1 saturated carbocycles. The maximum absolute atomic E-state index is 12.2. The fourth-order valence-corrected chi connectivity index (χ4v) is 4.72. The summed E-state index contributed by atoms with van der Waals surface area (Å²) in [5.41, 5.74) is 1.31. The van der Waals surface area contributed by atoms with E-state index in [4.69, 9.17) is 16.3 Å². The maximum atomic E-state index is 12.2. The molecule has 7 nitrogen and oxygen atoms in total. The molecule has 0 amide bonds. The Morgan fingerprint density at radius 1 is 1.30 bits per heavy atom. The lowest BCUT2D eigenvalue weighted by Crippen LogP contribution is -2.44. The molecule has 0 aromatic heterocycles. The van der Waals surface area contributed by atoms with Crippen molar-refractivity contribution in [2.24, 2.45) is 4.99 Å². The monoisotopic (exact) mass is 570 g/mol. The van der Waals surface area contributed by atoms with Crippen molar-refractivity contribution >= 4 is 51.6 Å². The van der Waals surface area contributed by atoms with Crippen LogP contribution >= 0.6 is 35.6 Å². The van der Waals surface area contributed by atoms with Gasteiger partial charge < -0.3 is 15.4 Å². The van der Waals surface area contributed by atoms with Gasteiger partial charge in [0.1, 0.15) is 0 Å². The average Bonchev–Trinajstić information content (AvgIpc) is 3.51. The fraction of sp³-hybridized carbons (Fsp3) is 0.650. The zero-order chi connectivity index (χ0) is 20.7. The molecule has 30 heavy (non-hydrogen) atoms. The molecule has 1 atom stereocenters. The van der Waals surface area contributed by atoms with Gasteiger partial charge in [-0.2, -0.15) is 0 Å². The van der Waals surface area contributed by atoms with Gasteiger partial charge in [0.15, 0.2) is 5.96 Å². The van der Waals surface area contributed by atoms with Crippen molar-refractivity contribution in [3.8, 4) is 0 Å². The van der Waals surface area contributed by atoms with Crippen molar-refractivity contribution in [3.05, 3.63) is 34.9 Å². The maximum Gasteiger partial charge on any atom is 0.213 e. The van der Waals surface area contributed by atoms with E-state index in [0.29, 0.717) is 19.1 Å². The lowest BCUT2D eigenvalue weighted by Gasteiger charge is -2.22. The summed E-state index contributed by atoms with van der Waals surface area (Å²) in [7, 11) is -1.67. The summed E-state index contributed by atoms with van der Waals surface area (Å²) in [5.74, 6) is 0.587. The van der Waals surface area contributed by atoms with Crippen LogP contribution < -0.4 is 15.4 Å². The molecule has 1 aliphatic carbocycles. The van der Waals surface area contributed by atoms with E-state index >= 15 is 0 Å². The van der Waals surface area contributed by atoms with Crippen LogP contribution in [0.25, 0.3) is 0 Å². The van der Waals surface area contributed by atoms with E-state index in [-0.39, 0.29) is 47.8 Å². The number of rotatable bonds is 9. The molecule has 1 aliphatic heterocycles. The number of hydrogen-bond donors (Lipinski definition) is 3. The Morgan fingerprint density at radius 2 is 2.10 bits per heavy atom. The SMILES string of the molecule is CN=C(NCCS(=O)(=O)NCC1CCCCO1)NCC1(c2cccc(Cl)c2)CC1.I. The highest BCUT2D eigenvalue weighted by molar-refractivity contribution is 14.0. The smallest absolute Gasteiger partial charge is 0.213 e. The van der Waals surface area contributed by atoms with E-state index in [1.807, 2.05) is 18.2 Å². The Kier molecular flexibility index (Phi) is 10.1. The lowest BCUT2D eigenvalue weighted by molar-refractivity contribution is 0.0200. The molecular formula is C20H32ClIN4O3S. The molecule has 1 heterocycles. The van der Waals surface area contributed by atoms with Crippen molar-refractivity contribution in [1.82, 2.24) is 15.4 Å². The first-order valence-corrected chi connectivity index (χ1v) is 12.2. The number of aliphatic imine (C=N–C) groups is 1. The Hall–Kier alpha value is -0.620. The summed E-state index contributed by atoms with van der Waals surface area (Å²) in [6, 6.07) is 7.97. The molecule has 3 N–H and O–H groups in total. The van der Waals surface area contributed by atoms with E-state index in [9.17, 15) is 8.42 Å². The first kappa shape index (κ1) is 25.6. The van der Waals surface area contributed by atoms with Gasteiger partial charge in [-0.15, -0.1) is 24.0 Å². The summed E-state index contributed by atoms with van der Waals surface area (Å²) in [4.78, 5) is 4.20. The summed E-state index contributed by atoms with van der Waals surface area (Å²) in [5, 5.41) is 7.15. The van der Waals surface area contributed by atoms with Crippen LogP contribution in [-0.4, -0.2) is 59.5 Å². The highest BCUT2D eigenvalue weighted by Gasteiger charge is 2.44. The first-order chi connectivity index (χ1) is 13.9. The molecule has 1 aromatic rings. The number of sulfonamides is 1. The van der Waals surface area contributed by atoms with Gasteiger partial charge in [0.25, 0.3) is 0 Å². The van der Waals surface area contributed by atoms with Crippen molar-refractivity contribution < 1.29 is 13.2 Å². The predicted molar refractivity (Wildman–Crippen MR) is 133 cm³/mol. The summed E-state index contributed by atoms with van der Waals surface area (Å²) < 4.78 is 32.6. The molecule has 1 saturated heterocycles. The van der Waals surface area contributed by atoms with Crippen LogP contribution in [0.1, 0.15) is 37.7 Å². The van der Waals surface area contributed by atoms with Crippen LogP contribution in [0.15, 0.2) is 29.3 Å². The molecule has 170 valence electrons. The number of benzene rings is 1. The molecule has 2 fully saturated rings. The summed E-state index contributed by atoms with van der Waals surface area (Å²) in [6.07, 6.45) is 5.23. The van der Waals surface area contributed by atoms with Crippen molar-refractivity contribution in [2.75, 3.05) is 39.0 Å². The van der Waals surface area contributed by atoms with Crippen LogP contribution in [0.4, 0.5) is 0 Å². The molecule has 0 bridgehead atoms. The Bertz CT molecular complexity index is 812. The standard InChI is InChI=1S/C20H31ClN4O3S.HI/c1-22-19(24-15-20(8-9-20)16-5-4-6-17(21)13-16)23-10-12-29(26,27)25-14-18-7-2-3-11-28-18;/h4-6,13,18,25H,2-3,7-12,14-15H2,1H3,(H2,22,23,24);1H. The van der Waals surface area contributed by atoms with E-state index in [0.717, 1.165) is 43.7 Å². The quantitative estimate of drug-likeness (QED) is 0.241. The third kappa shape index (κ3) is 7.81. The summed E-state index contributed by atoms with van der Waals surface area (Å²) >= 11 is 6.13. The summed E-state index contributed by atoms with van der Waals surface area (Å²) in [6.45, 7) is 2.08. The van der Waals surface area contributed by atoms with Crippen LogP contribution in [0.5, 0.6) is 0 Å². The van der Waals surface area contributed by atoms with E-state index in [1.54, 1.807) is 7.05 Å². The van der Waals surface area contributed by atoms with Crippen LogP contribution in [-0.2, 0) is 20.2 Å². The second-order valence-electron chi connectivity index (χ2n) is 7.80. The minimum Gasteiger partial charge on any atom is -0.377 e. The topological polar surface area (TPSA) is 91.8 Å². The Morgan fingerprint density at radius 3 is 2.73 bits per heavy atom. The van der Waals surface area contributed by atoms with Gasteiger partial charge in [-0.3, -0.25) is 4.99 Å². The lowest BCUT2D eigenvalue weighted by atomic mass is 9.96. The van der Waals surface area contributed by atoms with Crippen molar-refractivity contribution in [1.29, 1.82) is 0 Å². The van der Waals surface area contributed by atoms with Gasteiger partial charge in [0.05, 0.1) is 11.9 Å². The van der Waals surface area contributed by atoms with Gasteiger partial charge in [-0.25, -0.2) is 13.1 Å². The molecule has 0 spiro atoms. The van der Waals surface area contributed by atoms with Gasteiger partial charge in [-0.05, 0) is 49.8 Å². The minimum absolute atomic E-state index is 0. The van der Waals surface area contributed by atoms with Crippen LogP contribution in [0, 0.1) is 0 Å². The van der Waals surface area contributed by atoms with E-state index < -0.39 is 10.0 Å². The average molecular weight is 571 g/mol. The minimum atomic E-state index is -3.35. The highest BCUT2D eigenvalue weighted by Crippen LogP contribution is 2.48. The molecule has 1 aromatic carbocycles. The second-order valence-corrected chi connectivity index (χ2v) is 10.2. The predicted octanol–water partition coefficient (Wildman–Crippen LogP) is 2.64. The Balaban J connectivity index is 0.00000320. The van der Waals surface area contributed by atoms with Gasteiger partial charge in [0, 0.05) is 43.7 Å². The number of guanidine groups is 1. The van der Waals surface area contributed by atoms with Crippen molar-refractivity contribution in [2.45, 2.75) is 43.6 Å². The van der Waals surface area contributed by atoms with Gasteiger partial charge in [-0.1, -0.05) is 23.7 Å². The number of halogens is 2. The second kappa shape index (κ2) is 11.8. The number of hydrogen-bond acceptors (Lipinski definition) is 4. The zero-order valence-corrected chi connectivity index (χ0v) is 21.2. The van der Waals surface area contributed by atoms with Crippen molar-refractivity contribution in [3.63, 3.8) is 0 Å². The Labute approximate surface area is 201 Å². The number of ether oxygens (including phenoxy) is 1. The zero-order valence-electron chi connectivity index (χ0n) is 17.3. The molecular weight excluding hydrogens is 539 g/mol. The van der Waals surface area contributed by atoms with Gasteiger partial charge in [0.2, 0.25) is 10.0 Å². The molecule has 3 rings (SSSR count).